The van der Waals surface area contributed by atoms with E-state index >= 15 is 0 Å². The highest BCUT2D eigenvalue weighted by atomic mass is 16.5. The van der Waals surface area contributed by atoms with E-state index in [2.05, 4.69) is 15.5 Å². The first-order valence-electron chi connectivity index (χ1n) is 14.5. The molecule has 0 saturated heterocycles. The highest BCUT2D eigenvalue weighted by molar-refractivity contribution is 5.90. The number of carbonyl (C=O) groups excluding carboxylic acids is 2. The summed E-state index contributed by atoms with van der Waals surface area (Å²) in [5, 5.41) is 15.2. The molecule has 0 saturated carbocycles. The number of carbonyl (C=O) groups is 3. The topological polar surface area (TPSA) is 122 Å². The molecule has 3 N–H and O–H groups in total. The Hall–Kier alpha value is -3.89. The van der Waals surface area contributed by atoms with Crippen molar-refractivity contribution in [2.24, 2.45) is 5.92 Å². The van der Waals surface area contributed by atoms with Crippen LogP contribution in [0, 0.1) is 5.92 Å². The lowest BCUT2D eigenvalue weighted by Crippen LogP contribution is -2.50. The van der Waals surface area contributed by atoms with Crippen molar-refractivity contribution < 1.29 is 29.0 Å². The van der Waals surface area contributed by atoms with E-state index in [0.29, 0.717) is 52.2 Å². The van der Waals surface area contributed by atoms with Gasteiger partial charge >= 0.3 is 5.97 Å². The molecule has 1 aromatic carbocycles. The van der Waals surface area contributed by atoms with E-state index in [-0.39, 0.29) is 18.7 Å². The summed E-state index contributed by atoms with van der Waals surface area (Å²) in [4.78, 5) is 40.2. The van der Waals surface area contributed by atoms with Crippen LogP contribution in [0.1, 0.15) is 30.4 Å². The lowest BCUT2D eigenvalue weighted by Gasteiger charge is -2.22. The second-order valence-electron chi connectivity index (χ2n) is 10.7. The van der Waals surface area contributed by atoms with Gasteiger partial charge in [-0.3, -0.25) is 14.4 Å². The lowest BCUT2D eigenvalue weighted by atomic mass is 9.95. The quantitative estimate of drug-likeness (QED) is 0.353. The maximum absolute atomic E-state index is 13.4. The molecule has 2 amide bonds. The van der Waals surface area contributed by atoms with Gasteiger partial charge in [-0.25, -0.2) is 0 Å². The number of ether oxygens (including phenoxy) is 2. The molecule has 228 valence electrons. The Labute approximate surface area is 248 Å². The molecule has 2 atom stereocenters. The fraction of sp³-hybridized carbons (Fsp3) is 0.469. The van der Waals surface area contributed by atoms with Crippen LogP contribution in [0.4, 0.5) is 0 Å². The first kappa shape index (κ1) is 32.6. The number of amides is 2. The Morgan fingerprint density at radius 2 is 1.93 bits per heavy atom. The molecule has 1 aromatic heterocycles. The van der Waals surface area contributed by atoms with Crippen molar-refractivity contribution in [3.63, 3.8) is 0 Å². The molecule has 2 heterocycles. The summed E-state index contributed by atoms with van der Waals surface area (Å²) in [6.07, 6.45) is 5.52. The standard InChI is InChI=1S/C32H44N4O6/c1-35(2)17-21-42-28-13-11-25(12-14-28)9-7-10-27(23-30(37)38)31(39)34-29-22-26-8-5-3-4-6-16-36(24-26)18-20-41-19-15-33-32(29)40/h3-6,8,11-14,16,24,27,29H,7,9-10,15,17-23H2,1-2H3,(H,33,40)(H,34,39)(H,37,38)/t27-,29?/m1/s1. The molecule has 42 heavy (non-hydrogen) atoms. The van der Waals surface area contributed by atoms with Crippen LogP contribution in [0.3, 0.4) is 0 Å². The Morgan fingerprint density at radius 1 is 1.14 bits per heavy atom. The number of fused-ring (bicyclic) bond motifs is 2. The molecule has 3 rings (SSSR count). The molecule has 10 nitrogen and oxygen atoms in total. The number of nitrogens with one attached hydrogen (secondary N) is 2. The number of hydrogen-bond acceptors (Lipinski definition) is 6. The van der Waals surface area contributed by atoms with Gasteiger partial charge in [0.05, 0.1) is 19.6 Å². The number of aryl methyl sites for hydroxylation is 1. The summed E-state index contributed by atoms with van der Waals surface area (Å²) in [7, 11) is 3.99. The third-order valence-corrected chi connectivity index (χ3v) is 6.91. The number of carboxylic acids is 1. The van der Waals surface area contributed by atoms with Crippen LogP contribution in [0.25, 0.3) is 0 Å². The molecule has 10 heteroatoms. The van der Waals surface area contributed by atoms with Crippen LogP contribution in [-0.4, -0.2) is 85.4 Å². The summed E-state index contributed by atoms with van der Waals surface area (Å²) >= 11 is 0. The zero-order valence-corrected chi connectivity index (χ0v) is 24.7. The Kier molecular flexibility index (Phi) is 13.8. The number of carboxylic acid groups (broad SMARTS) is 1. The van der Waals surface area contributed by atoms with Gasteiger partial charge in [0.25, 0.3) is 0 Å². The van der Waals surface area contributed by atoms with Gasteiger partial charge in [0.2, 0.25) is 11.8 Å². The summed E-state index contributed by atoms with van der Waals surface area (Å²) < 4.78 is 13.4. The van der Waals surface area contributed by atoms with Crippen molar-refractivity contribution in [3.8, 4) is 5.75 Å². The van der Waals surface area contributed by atoms with Gasteiger partial charge in [0.15, 0.2) is 0 Å². The average Bonchev–Trinajstić information content (AvgIpc) is 3.05. The number of aromatic nitrogens is 1. The van der Waals surface area contributed by atoms with E-state index in [9.17, 15) is 19.5 Å². The maximum atomic E-state index is 13.4. The van der Waals surface area contributed by atoms with Crippen LogP contribution < -0.4 is 15.4 Å². The number of hydrogen-bond donors (Lipinski definition) is 3. The highest BCUT2D eigenvalue weighted by Crippen LogP contribution is 2.18. The van der Waals surface area contributed by atoms with Crippen LogP contribution in [0.5, 0.6) is 5.75 Å². The number of nitrogens with zero attached hydrogens (tertiary/aromatic N) is 2. The first-order chi connectivity index (χ1) is 20.3. The minimum atomic E-state index is -1.05. The van der Waals surface area contributed by atoms with Crippen LogP contribution in [-0.2, 0) is 38.5 Å². The normalized spacial score (nSPS) is 16.3. The van der Waals surface area contributed by atoms with E-state index in [1.54, 1.807) is 0 Å². The van der Waals surface area contributed by atoms with Gasteiger partial charge in [-0.2, -0.15) is 0 Å². The van der Waals surface area contributed by atoms with E-state index in [0.717, 1.165) is 23.4 Å². The third kappa shape index (κ3) is 12.3. The molecular weight excluding hydrogens is 536 g/mol. The molecule has 1 aliphatic rings. The van der Waals surface area contributed by atoms with Gasteiger partial charge in [-0.15, -0.1) is 0 Å². The Balaban J connectivity index is 1.67. The van der Waals surface area contributed by atoms with Gasteiger partial charge in [-0.05, 0) is 62.7 Å². The number of likely N-dealkylation sites (N-methyl/N-ethyl adjacent to an activating group) is 1. The van der Waals surface area contributed by atoms with Crippen molar-refractivity contribution >= 4 is 17.8 Å². The number of benzene rings is 1. The Bertz CT molecular complexity index is 1200. The zero-order chi connectivity index (χ0) is 30.2. The fourth-order valence-electron chi connectivity index (χ4n) is 4.59. The predicted octanol–water partition coefficient (Wildman–Crippen LogP) is 2.84. The largest absolute Gasteiger partial charge is 0.492 e. The van der Waals surface area contributed by atoms with E-state index < -0.39 is 23.8 Å². The smallest absolute Gasteiger partial charge is 0.304 e. The predicted molar refractivity (Wildman–Crippen MR) is 161 cm³/mol. The minimum absolute atomic E-state index is 0.260. The van der Waals surface area contributed by atoms with Crippen molar-refractivity contribution in [2.75, 3.05) is 47.0 Å². The molecule has 0 fully saturated rings. The van der Waals surface area contributed by atoms with Gasteiger partial charge in [0, 0.05) is 44.4 Å². The second-order valence-corrected chi connectivity index (χ2v) is 10.7. The average molecular weight is 581 g/mol. The molecular formula is C32H44N4O6. The highest BCUT2D eigenvalue weighted by Gasteiger charge is 2.27. The van der Waals surface area contributed by atoms with E-state index in [1.165, 1.54) is 0 Å². The molecule has 0 radical (unpaired) electrons. The number of aliphatic carboxylic acids is 1. The van der Waals surface area contributed by atoms with Crippen molar-refractivity contribution in [3.05, 3.63) is 78.1 Å². The molecule has 2 aromatic rings. The van der Waals surface area contributed by atoms with Crippen molar-refractivity contribution in [2.45, 2.75) is 44.7 Å². The summed E-state index contributed by atoms with van der Waals surface area (Å²) in [6.45, 7) is 3.24. The lowest BCUT2D eigenvalue weighted by molar-refractivity contribution is -0.141. The molecule has 0 aliphatic carbocycles. The fourth-order valence-corrected chi connectivity index (χ4v) is 4.59. The molecule has 1 aliphatic heterocycles. The van der Waals surface area contributed by atoms with E-state index in [4.69, 9.17) is 9.47 Å². The van der Waals surface area contributed by atoms with Crippen molar-refractivity contribution in [1.82, 2.24) is 20.1 Å². The van der Waals surface area contributed by atoms with Gasteiger partial charge < -0.3 is 34.7 Å². The maximum Gasteiger partial charge on any atom is 0.304 e. The molecule has 1 unspecified atom stereocenters. The van der Waals surface area contributed by atoms with Crippen LogP contribution in [0.15, 0.2) is 67.0 Å². The minimum Gasteiger partial charge on any atom is -0.492 e. The number of rotatable bonds is 12. The first-order valence-corrected chi connectivity index (χ1v) is 14.5. The van der Waals surface area contributed by atoms with Crippen molar-refractivity contribution in [1.29, 1.82) is 0 Å². The second kappa shape index (κ2) is 17.8. The van der Waals surface area contributed by atoms with Crippen LogP contribution in [0.2, 0.25) is 0 Å². The van der Waals surface area contributed by atoms with E-state index in [1.807, 2.05) is 85.7 Å². The zero-order valence-electron chi connectivity index (χ0n) is 24.7. The van der Waals surface area contributed by atoms with Gasteiger partial charge in [-0.1, -0.05) is 36.4 Å². The molecule has 0 spiro atoms. The summed E-state index contributed by atoms with van der Waals surface area (Å²) in [5.74, 6) is -1.78. The summed E-state index contributed by atoms with van der Waals surface area (Å²) in [5.41, 5.74) is 1.92. The summed E-state index contributed by atoms with van der Waals surface area (Å²) in [6, 6.07) is 16.5. The monoisotopic (exact) mass is 580 g/mol. The Morgan fingerprint density at radius 3 is 2.69 bits per heavy atom. The van der Waals surface area contributed by atoms with Gasteiger partial charge in [0.1, 0.15) is 18.4 Å². The third-order valence-electron chi connectivity index (χ3n) is 6.91. The molecule has 2 bridgehead atoms. The SMILES string of the molecule is CN(C)CCOc1ccc(CCC[C@H](CC(=O)O)C(=O)NC2Cc3ccccccn(c3)CCOCCNC2=O)cc1. The van der Waals surface area contributed by atoms with Crippen LogP contribution >= 0.6 is 0 Å².